The van der Waals surface area contributed by atoms with Crippen LogP contribution in [0, 0.1) is 23.4 Å². The second-order valence-corrected chi connectivity index (χ2v) is 9.52. The van der Waals surface area contributed by atoms with Crippen LogP contribution in [0.2, 0.25) is 0 Å². The molecule has 3 aromatic rings. The van der Waals surface area contributed by atoms with E-state index in [9.17, 15) is 21.6 Å². The normalized spacial score (nSPS) is 17.6. The van der Waals surface area contributed by atoms with Gasteiger partial charge in [-0.1, -0.05) is 5.16 Å². The summed E-state index contributed by atoms with van der Waals surface area (Å²) in [5.41, 5.74) is 1.23. The van der Waals surface area contributed by atoms with Gasteiger partial charge in [-0.25, -0.2) is 26.3 Å². The Labute approximate surface area is 178 Å². The van der Waals surface area contributed by atoms with Crippen molar-refractivity contribution in [3.8, 4) is 0 Å². The Balaban J connectivity index is 1.24. The molecule has 0 amide bonds. The first-order valence-corrected chi connectivity index (χ1v) is 11.5. The summed E-state index contributed by atoms with van der Waals surface area (Å²) >= 11 is 0. The molecule has 6 nitrogen and oxygen atoms in total. The SMILES string of the molecule is O=S(=O)(NCC1CCN(CCCc2noc3cc(F)ccc23)C1)c1ccc(F)c(F)c1. The fourth-order valence-corrected chi connectivity index (χ4v) is 4.98. The molecule has 2 aromatic carbocycles. The van der Waals surface area contributed by atoms with Crippen LogP contribution in [-0.4, -0.2) is 44.7 Å². The van der Waals surface area contributed by atoms with Gasteiger partial charge in [0, 0.05) is 24.5 Å². The highest BCUT2D eigenvalue weighted by Crippen LogP contribution is 2.22. The summed E-state index contributed by atoms with van der Waals surface area (Å²) in [6.07, 6.45) is 2.38. The van der Waals surface area contributed by atoms with E-state index in [-0.39, 0.29) is 23.2 Å². The van der Waals surface area contributed by atoms with Crippen molar-refractivity contribution < 1.29 is 26.1 Å². The lowest BCUT2D eigenvalue weighted by molar-refractivity contribution is 0.318. The quantitative estimate of drug-likeness (QED) is 0.565. The lowest BCUT2D eigenvalue weighted by Gasteiger charge is -2.16. The number of nitrogens with one attached hydrogen (secondary N) is 1. The number of likely N-dealkylation sites (tertiary alicyclic amines) is 1. The van der Waals surface area contributed by atoms with E-state index in [0.29, 0.717) is 18.1 Å². The third-order valence-corrected chi connectivity index (χ3v) is 6.95. The predicted octanol–water partition coefficient (Wildman–Crippen LogP) is 3.48. The molecule has 0 saturated carbocycles. The molecule has 0 radical (unpaired) electrons. The molecule has 0 bridgehead atoms. The number of halogens is 3. The van der Waals surface area contributed by atoms with Gasteiger partial charge in [0.25, 0.3) is 0 Å². The van der Waals surface area contributed by atoms with E-state index in [0.717, 1.165) is 55.7 Å². The molecule has 1 atom stereocenters. The zero-order chi connectivity index (χ0) is 22.0. The fourth-order valence-electron chi connectivity index (χ4n) is 3.85. The topological polar surface area (TPSA) is 75.4 Å². The lowest BCUT2D eigenvalue weighted by Crippen LogP contribution is -2.31. The number of benzene rings is 2. The number of aryl methyl sites for hydroxylation is 1. The smallest absolute Gasteiger partial charge is 0.240 e. The van der Waals surface area contributed by atoms with E-state index in [4.69, 9.17) is 4.52 Å². The summed E-state index contributed by atoms with van der Waals surface area (Å²) in [6.45, 7) is 2.65. The Hall–Kier alpha value is -2.43. The van der Waals surface area contributed by atoms with Gasteiger partial charge >= 0.3 is 0 Å². The molecule has 0 spiro atoms. The van der Waals surface area contributed by atoms with Crippen molar-refractivity contribution in [1.82, 2.24) is 14.8 Å². The predicted molar refractivity (Wildman–Crippen MR) is 108 cm³/mol. The highest BCUT2D eigenvalue weighted by atomic mass is 32.2. The molecule has 1 N–H and O–H groups in total. The Morgan fingerprint density at radius 1 is 1.13 bits per heavy atom. The molecule has 1 aromatic heterocycles. The first-order valence-electron chi connectivity index (χ1n) is 10.0. The number of hydrogen-bond donors (Lipinski definition) is 1. The Morgan fingerprint density at radius 3 is 2.77 bits per heavy atom. The van der Waals surface area contributed by atoms with Crippen LogP contribution in [0.5, 0.6) is 0 Å². The summed E-state index contributed by atoms with van der Waals surface area (Å²) in [7, 11) is -3.90. The molecule has 10 heteroatoms. The molecular weight excluding hydrogens is 431 g/mol. The van der Waals surface area contributed by atoms with Crippen LogP contribution in [0.3, 0.4) is 0 Å². The van der Waals surface area contributed by atoms with E-state index >= 15 is 0 Å². The lowest BCUT2D eigenvalue weighted by atomic mass is 10.1. The molecule has 1 saturated heterocycles. The van der Waals surface area contributed by atoms with Crippen molar-refractivity contribution in [2.45, 2.75) is 24.2 Å². The number of sulfonamides is 1. The van der Waals surface area contributed by atoms with Gasteiger partial charge in [0.2, 0.25) is 10.0 Å². The third kappa shape index (κ3) is 5.08. The summed E-state index contributed by atoms with van der Waals surface area (Å²) < 4.78 is 71.9. The summed E-state index contributed by atoms with van der Waals surface area (Å²) in [6, 6.07) is 6.90. The van der Waals surface area contributed by atoms with Gasteiger partial charge < -0.3 is 9.42 Å². The highest BCUT2D eigenvalue weighted by molar-refractivity contribution is 7.89. The minimum Gasteiger partial charge on any atom is -0.356 e. The monoisotopic (exact) mass is 453 g/mol. The minimum absolute atomic E-state index is 0.135. The fraction of sp³-hybridized carbons (Fsp3) is 0.381. The molecular formula is C21H22F3N3O3S. The van der Waals surface area contributed by atoms with E-state index < -0.39 is 21.7 Å². The average Bonchev–Trinajstić information content (AvgIpc) is 3.35. The van der Waals surface area contributed by atoms with Crippen molar-refractivity contribution >= 4 is 21.0 Å². The molecule has 2 heterocycles. The molecule has 1 unspecified atom stereocenters. The van der Waals surface area contributed by atoms with Crippen LogP contribution in [0.25, 0.3) is 11.0 Å². The van der Waals surface area contributed by atoms with Crippen molar-refractivity contribution in [1.29, 1.82) is 0 Å². The Bertz CT molecular complexity index is 1180. The summed E-state index contributed by atoms with van der Waals surface area (Å²) in [5.74, 6) is -2.51. The Morgan fingerprint density at radius 2 is 1.97 bits per heavy atom. The average molecular weight is 453 g/mol. The van der Waals surface area contributed by atoms with Crippen LogP contribution in [0.4, 0.5) is 13.2 Å². The van der Waals surface area contributed by atoms with Gasteiger partial charge in [0.05, 0.1) is 10.6 Å². The second kappa shape index (κ2) is 8.97. The van der Waals surface area contributed by atoms with Gasteiger partial charge in [-0.15, -0.1) is 0 Å². The third-order valence-electron chi connectivity index (χ3n) is 5.53. The maximum absolute atomic E-state index is 13.3. The number of nitrogens with zero attached hydrogens (tertiary/aromatic N) is 2. The maximum atomic E-state index is 13.3. The van der Waals surface area contributed by atoms with Gasteiger partial charge in [-0.2, -0.15) is 0 Å². The van der Waals surface area contributed by atoms with Gasteiger partial charge in [-0.05, 0) is 68.6 Å². The molecule has 31 heavy (non-hydrogen) atoms. The maximum Gasteiger partial charge on any atom is 0.240 e. The molecule has 166 valence electrons. The molecule has 4 rings (SSSR count). The molecule has 0 aliphatic carbocycles. The second-order valence-electron chi connectivity index (χ2n) is 7.76. The van der Waals surface area contributed by atoms with Crippen molar-refractivity contribution in [2.75, 3.05) is 26.2 Å². The van der Waals surface area contributed by atoms with Crippen LogP contribution in [0.15, 0.2) is 45.8 Å². The number of aromatic nitrogens is 1. The van der Waals surface area contributed by atoms with Crippen LogP contribution < -0.4 is 4.72 Å². The van der Waals surface area contributed by atoms with Gasteiger partial charge in [0.1, 0.15) is 5.82 Å². The van der Waals surface area contributed by atoms with E-state index in [1.807, 2.05) is 0 Å². The van der Waals surface area contributed by atoms with Crippen LogP contribution in [-0.2, 0) is 16.4 Å². The molecule has 1 aliphatic heterocycles. The summed E-state index contributed by atoms with van der Waals surface area (Å²) in [5, 5.41) is 4.84. The van der Waals surface area contributed by atoms with E-state index in [1.54, 1.807) is 6.07 Å². The number of fused-ring (bicyclic) bond motifs is 1. The van der Waals surface area contributed by atoms with Gasteiger partial charge in [-0.3, -0.25) is 0 Å². The first kappa shape index (κ1) is 21.8. The van der Waals surface area contributed by atoms with Crippen molar-refractivity contribution in [3.05, 3.63) is 59.5 Å². The van der Waals surface area contributed by atoms with E-state index in [2.05, 4.69) is 14.8 Å². The Kier molecular flexibility index (Phi) is 6.31. The van der Waals surface area contributed by atoms with Crippen LogP contribution in [0.1, 0.15) is 18.5 Å². The number of rotatable bonds is 8. The molecule has 1 fully saturated rings. The highest BCUT2D eigenvalue weighted by Gasteiger charge is 2.25. The zero-order valence-electron chi connectivity index (χ0n) is 16.7. The molecule has 1 aliphatic rings. The largest absolute Gasteiger partial charge is 0.356 e. The van der Waals surface area contributed by atoms with Crippen molar-refractivity contribution in [3.63, 3.8) is 0 Å². The zero-order valence-corrected chi connectivity index (χ0v) is 17.5. The number of hydrogen-bond acceptors (Lipinski definition) is 5. The van der Waals surface area contributed by atoms with E-state index in [1.165, 1.54) is 12.1 Å². The summed E-state index contributed by atoms with van der Waals surface area (Å²) in [4.78, 5) is 1.96. The van der Waals surface area contributed by atoms with Crippen molar-refractivity contribution in [2.24, 2.45) is 5.92 Å². The van der Waals surface area contributed by atoms with Crippen LogP contribution >= 0.6 is 0 Å². The first-order chi connectivity index (χ1) is 14.8. The minimum atomic E-state index is -3.90. The van der Waals surface area contributed by atoms with Gasteiger partial charge in [0.15, 0.2) is 17.2 Å². The standard InChI is InChI=1S/C21H22F3N3O3S/c22-15-3-5-17-20(26-30-21(17)10-15)2-1-8-27-9-7-14(13-27)12-25-31(28,29)16-4-6-18(23)19(24)11-16/h3-6,10-11,14,25H,1-2,7-9,12-13H2.